The Morgan fingerprint density at radius 2 is 2.20 bits per heavy atom. The van der Waals surface area contributed by atoms with Crippen LogP contribution in [0.1, 0.15) is 32.6 Å². The van der Waals surface area contributed by atoms with E-state index in [4.69, 9.17) is 0 Å². The van der Waals surface area contributed by atoms with Crippen LogP contribution in [0.15, 0.2) is 12.7 Å². The van der Waals surface area contributed by atoms with Gasteiger partial charge in [-0.25, -0.2) is 5.11 Å². The van der Waals surface area contributed by atoms with Crippen LogP contribution in [-0.2, 0) is 5.11 Å². The zero-order valence-corrected chi connectivity index (χ0v) is 6.81. The summed E-state index contributed by atoms with van der Waals surface area (Å²) < 4.78 is 0. The molecule has 1 heteroatoms. The Balaban J connectivity index is 2.95. The molecule has 10 heavy (non-hydrogen) atoms. The van der Waals surface area contributed by atoms with Crippen molar-refractivity contribution < 1.29 is 5.11 Å². The molecule has 0 aliphatic carbocycles. The highest BCUT2D eigenvalue weighted by Crippen LogP contribution is 2.08. The predicted molar refractivity (Wildman–Crippen MR) is 43.4 cm³/mol. The molecule has 0 spiro atoms. The lowest BCUT2D eigenvalue weighted by molar-refractivity contribution is 0.145. The van der Waals surface area contributed by atoms with Crippen LogP contribution in [-0.4, -0.2) is 6.61 Å². The molecule has 0 bridgehead atoms. The van der Waals surface area contributed by atoms with Gasteiger partial charge in [0.2, 0.25) is 0 Å². The van der Waals surface area contributed by atoms with Gasteiger partial charge in [-0.3, -0.25) is 0 Å². The van der Waals surface area contributed by atoms with Gasteiger partial charge >= 0.3 is 0 Å². The van der Waals surface area contributed by atoms with Gasteiger partial charge in [0.05, 0.1) is 6.61 Å². The van der Waals surface area contributed by atoms with Gasteiger partial charge in [-0.2, -0.15) is 0 Å². The molecule has 0 rings (SSSR count). The quantitative estimate of drug-likeness (QED) is 0.400. The van der Waals surface area contributed by atoms with Crippen molar-refractivity contribution in [3.63, 3.8) is 0 Å². The van der Waals surface area contributed by atoms with Crippen LogP contribution in [0.5, 0.6) is 0 Å². The maximum atomic E-state index is 10.3. The molecule has 1 unspecified atom stereocenters. The number of hydrogen-bond acceptors (Lipinski definition) is 0. The van der Waals surface area contributed by atoms with Gasteiger partial charge < -0.3 is 0 Å². The van der Waals surface area contributed by atoms with E-state index in [1.165, 1.54) is 12.8 Å². The minimum Gasteiger partial charge on any atom is -0.236 e. The third-order valence-corrected chi connectivity index (χ3v) is 1.64. The smallest absolute Gasteiger partial charge is 0.0847 e. The zero-order valence-electron chi connectivity index (χ0n) is 6.81. The molecular weight excluding hydrogens is 124 g/mol. The second kappa shape index (κ2) is 6.81. The van der Waals surface area contributed by atoms with Crippen LogP contribution in [0.25, 0.3) is 0 Å². The lowest BCUT2D eigenvalue weighted by atomic mass is 10.0. The lowest BCUT2D eigenvalue weighted by Crippen LogP contribution is -1.98. The second-order valence-corrected chi connectivity index (χ2v) is 2.84. The monoisotopic (exact) mass is 141 g/mol. The third-order valence-electron chi connectivity index (χ3n) is 1.64. The van der Waals surface area contributed by atoms with E-state index in [0.717, 1.165) is 12.8 Å². The molecule has 0 fully saturated rings. The topological polar surface area (TPSA) is 19.9 Å². The van der Waals surface area contributed by atoms with Crippen molar-refractivity contribution in [2.75, 3.05) is 6.61 Å². The van der Waals surface area contributed by atoms with E-state index in [1.807, 2.05) is 13.0 Å². The van der Waals surface area contributed by atoms with E-state index in [-0.39, 0.29) is 6.61 Å². The third kappa shape index (κ3) is 5.83. The standard InChI is InChI=1S/C9H17O/c1-3-4-5-6-7-9(2)8-10/h3,9H,1,4-8H2,2H3. The summed E-state index contributed by atoms with van der Waals surface area (Å²) in [5.41, 5.74) is 0. The molecule has 1 atom stereocenters. The summed E-state index contributed by atoms with van der Waals surface area (Å²) in [6, 6.07) is 0. The molecule has 0 aliphatic heterocycles. The minimum absolute atomic E-state index is 0.0775. The van der Waals surface area contributed by atoms with Crippen LogP contribution in [0, 0.1) is 5.92 Å². The summed E-state index contributed by atoms with van der Waals surface area (Å²) in [5.74, 6) is 0.366. The Hall–Kier alpha value is -0.300. The summed E-state index contributed by atoms with van der Waals surface area (Å²) in [4.78, 5) is 0. The molecule has 0 heterocycles. The first-order chi connectivity index (χ1) is 4.81. The van der Waals surface area contributed by atoms with E-state index in [1.54, 1.807) is 0 Å². The minimum atomic E-state index is 0.0775. The summed E-state index contributed by atoms with van der Waals surface area (Å²) in [6.45, 7) is 5.73. The summed E-state index contributed by atoms with van der Waals surface area (Å²) >= 11 is 0. The van der Waals surface area contributed by atoms with Gasteiger partial charge in [-0.15, -0.1) is 6.58 Å². The molecule has 0 saturated carbocycles. The molecule has 1 radical (unpaired) electrons. The molecular formula is C9H17O. The average Bonchev–Trinajstić information content (AvgIpc) is 1.98. The SMILES string of the molecule is C=CCCCCC(C)C[O]. The molecule has 0 aromatic carbocycles. The van der Waals surface area contributed by atoms with Crippen LogP contribution in [0.2, 0.25) is 0 Å². The first-order valence-electron chi connectivity index (χ1n) is 4.00. The van der Waals surface area contributed by atoms with Crippen molar-refractivity contribution in [1.29, 1.82) is 0 Å². The highest BCUT2D eigenvalue weighted by molar-refractivity contribution is 4.65. The number of hydrogen-bond donors (Lipinski definition) is 0. The van der Waals surface area contributed by atoms with E-state index in [9.17, 15) is 5.11 Å². The van der Waals surface area contributed by atoms with Gasteiger partial charge in [0.1, 0.15) is 0 Å². The Morgan fingerprint density at radius 1 is 1.50 bits per heavy atom. The van der Waals surface area contributed by atoms with E-state index in [2.05, 4.69) is 6.58 Å². The van der Waals surface area contributed by atoms with Crippen molar-refractivity contribution in [2.45, 2.75) is 32.6 Å². The van der Waals surface area contributed by atoms with Crippen LogP contribution < -0.4 is 0 Å². The maximum absolute atomic E-state index is 10.3. The van der Waals surface area contributed by atoms with E-state index < -0.39 is 0 Å². The van der Waals surface area contributed by atoms with Gasteiger partial charge in [-0.05, 0) is 25.2 Å². The summed E-state index contributed by atoms with van der Waals surface area (Å²) in [6.07, 6.45) is 6.47. The van der Waals surface area contributed by atoms with Crippen LogP contribution in [0.4, 0.5) is 0 Å². The Morgan fingerprint density at radius 3 is 2.70 bits per heavy atom. The zero-order chi connectivity index (χ0) is 7.82. The van der Waals surface area contributed by atoms with Crippen molar-refractivity contribution in [3.8, 4) is 0 Å². The largest absolute Gasteiger partial charge is 0.236 e. The Bertz CT molecular complexity index is 78.8. The van der Waals surface area contributed by atoms with Crippen molar-refractivity contribution in [1.82, 2.24) is 0 Å². The molecule has 0 amide bonds. The fraction of sp³-hybridized carbons (Fsp3) is 0.778. The fourth-order valence-electron chi connectivity index (χ4n) is 0.865. The van der Waals surface area contributed by atoms with E-state index >= 15 is 0 Å². The van der Waals surface area contributed by atoms with Crippen LogP contribution >= 0.6 is 0 Å². The normalized spacial score (nSPS) is 13.0. The molecule has 1 nitrogen and oxygen atoms in total. The predicted octanol–water partition coefficient (Wildman–Crippen LogP) is 2.80. The second-order valence-electron chi connectivity index (χ2n) is 2.84. The fourth-order valence-corrected chi connectivity index (χ4v) is 0.865. The van der Waals surface area contributed by atoms with Gasteiger partial charge in [0, 0.05) is 0 Å². The Labute approximate surface area is 63.8 Å². The Kier molecular flexibility index (Phi) is 6.61. The van der Waals surface area contributed by atoms with Gasteiger partial charge in [0.15, 0.2) is 0 Å². The maximum Gasteiger partial charge on any atom is 0.0847 e. The molecule has 0 aliphatic rings. The number of unbranched alkanes of at least 4 members (excludes halogenated alkanes) is 2. The lowest BCUT2D eigenvalue weighted by Gasteiger charge is -2.03. The van der Waals surface area contributed by atoms with Gasteiger partial charge in [-0.1, -0.05) is 19.4 Å². The number of allylic oxidation sites excluding steroid dienone is 1. The first kappa shape index (κ1) is 9.70. The van der Waals surface area contributed by atoms with Crippen molar-refractivity contribution >= 4 is 0 Å². The molecule has 59 valence electrons. The summed E-state index contributed by atoms with van der Waals surface area (Å²) in [7, 11) is 0. The highest BCUT2D eigenvalue weighted by atomic mass is 16.3. The molecule has 0 aromatic rings. The van der Waals surface area contributed by atoms with Gasteiger partial charge in [0.25, 0.3) is 0 Å². The van der Waals surface area contributed by atoms with E-state index in [0.29, 0.717) is 5.92 Å². The first-order valence-corrected chi connectivity index (χ1v) is 4.00. The average molecular weight is 141 g/mol. The van der Waals surface area contributed by atoms with Crippen LogP contribution in [0.3, 0.4) is 0 Å². The number of rotatable bonds is 6. The van der Waals surface area contributed by atoms with Crippen molar-refractivity contribution in [2.24, 2.45) is 5.92 Å². The molecule has 0 saturated heterocycles. The molecule has 0 aromatic heterocycles. The molecule has 0 N–H and O–H groups in total. The summed E-state index contributed by atoms with van der Waals surface area (Å²) in [5, 5.41) is 10.3. The van der Waals surface area contributed by atoms with Crippen molar-refractivity contribution in [3.05, 3.63) is 12.7 Å². The highest BCUT2D eigenvalue weighted by Gasteiger charge is 1.98.